The van der Waals surface area contributed by atoms with Crippen LogP contribution in [0.25, 0.3) is 0 Å². The van der Waals surface area contributed by atoms with Gasteiger partial charge in [0.15, 0.2) is 6.61 Å². The average Bonchev–Trinajstić information content (AvgIpc) is 2.95. The van der Waals surface area contributed by atoms with E-state index in [1.165, 1.54) is 18.4 Å². The number of nitrogens with zero attached hydrogens (tertiary/aromatic N) is 3. The van der Waals surface area contributed by atoms with E-state index in [1.54, 1.807) is 6.07 Å². The van der Waals surface area contributed by atoms with E-state index >= 15 is 0 Å². The van der Waals surface area contributed by atoms with Crippen LogP contribution >= 0.6 is 0 Å². The van der Waals surface area contributed by atoms with Crippen molar-refractivity contribution in [2.24, 2.45) is 0 Å². The number of nitrogens with one attached hydrogen (secondary N) is 1. The van der Waals surface area contributed by atoms with Crippen LogP contribution in [0.3, 0.4) is 0 Å². The minimum absolute atomic E-state index is 0.0538. The molecule has 1 aromatic heterocycles. The Morgan fingerprint density at radius 2 is 1.78 bits per heavy atom. The molecule has 1 amide bonds. The van der Waals surface area contributed by atoms with Crippen LogP contribution in [0.4, 0.5) is 5.95 Å². The molecule has 27 heavy (non-hydrogen) atoms. The molecule has 0 spiro atoms. The summed E-state index contributed by atoms with van der Waals surface area (Å²) < 4.78 is 5.63. The Kier molecular flexibility index (Phi) is 6.63. The van der Waals surface area contributed by atoms with E-state index in [-0.39, 0.29) is 12.5 Å². The Balaban J connectivity index is 1.53. The minimum Gasteiger partial charge on any atom is -0.467 e. The molecule has 6 nitrogen and oxygen atoms in total. The van der Waals surface area contributed by atoms with Crippen LogP contribution in [0.2, 0.25) is 0 Å². The van der Waals surface area contributed by atoms with Crippen LogP contribution in [0.1, 0.15) is 42.5 Å². The molecule has 2 aromatic rings. The summed E-state index contributed by atoms with van der Waals surface area (Å²) in [6.07, 6.45) is 4.84. The summed E-state index contributed by atoms with van der Waals surface area (Å²) in [5.41, 5.74) is 3.11. The highest BCUT2D eigenvalue weighted by molar-refractivity contribution is 5.77. The topological polar surface area (TPSA) is 67.3 Å². The van der Waals surface area contributed by atoms with Crippen molar-refractivity contribution in [1.29, 1.82) is 0 Å². The van der Waals surface area contributed by atoms with E-state index in [0.717, 1.165) is 37.2 Å². The Hall–Kier alpha value is -2.63. The normalized spacial score (nSPS) is 14.5. The van der Waals surface area contributed by atoms with Gasteiger partial charge in [0.2, 0.25) is 11.8 Å². The van der Waals surface area contributed by atoms with Crippen molar-refractivity contribution < 1.29 is 9.53 Å². The third-order valence-corrected chi connectivity index (χ3v) is 4.67. The predicted octanol–water partition coefficient (Wildman–Crippen LogP) is 3.17. The zero-order chi connectivity index (χ0) is 19.1. The molecule has 3 rings (SSSR count). The molecule has 0 radical (unpaired) electrons. The predicted molar refractivity (Wildman–Crippen MR) is 106 cm³/mol. The number of carbonyl (C=O) groups is 1. The molecule has 1 aliphatic rings. The van der Waals surface area contributed by atoms with Gasteiger partial charge >= 0.3 is 0 Å². The van der Waals surface area contributed by atoms with Crippen molar-refractivity contribution in [3.63, 3.8) is 0 Å². The van der Waals surface area contributed by atoms with Crippen LogP contribution in [-0.4, -0.2) is 35.6 Å². The lowest BCUT2D eigenvalue weighted by molar-refractivity contribution is -0.123. The summed E-state index contributed by atoms with van der Waals surface area (Å²) in [7, 11) is 0. The molecule has 1 aromatic carbocycles. The monoisotopic (exact) mass is 368 g/mol. The Morgan fingerprint density at radius 3 is 2.48 bits per heavy atom. The highest BCUT2D eigenvalue weighted by Gasteiger charge is 2.14. The lowest BCUT2D eigenvalue weighted by Gasteiger charge is -2.21. The van der Waals surface area contributed by atoms with Crippen molar-refractivity contribution in [2.75, 3.05) is 24.6 Å². The van der Waals surface area contributed by atoms with Gasteiger partial charge in [0, 0.05) is 31.4 Å². The zero-order valence-corrected chi connectivity index (χ0v) is 16.2. The number of amides is 1. The van der Waals surface area contributed by atoms with Crippen molar-refractivity contribution in [1.82, 2.24) is 15.3 Å². The largest absolute Gasteiger partial charge is 0.467 e. The van der Waals surface area contributed by atoms with E-state index in [0.29, 0.717) is 18.4 Å². The maximum atomic E-state index is 12.1. The fourth-order valence-corrected chi connectivity index (χ4v) is 3.11. The number of ether oxygens (including phenoxy) is 1. The van der Waals surface area contributed by atoms with E-state index in [4.69, 9.17) is 4.74 Å². The summed E-state index contributed by atoms with van der Waals surface area (Å²) in [5, 5.41) is 2.87. The van der Waals surface area contributed by atoms with Gasteiger partial charge in [-0.1, -0.05) is 42.7 Å². The van der Waals surface area contributed by atoms with Gasteiger partial charge in [-0.05, 0) is 32.3 Å². The first-order valence-corrected chi connectivity index (χ1v) is 9.66. The molecular weight excluding hydrogens is 340 g/mol. The molecular formula is C21H28N4O2. The number of hydrogen-bond donors (Lipinski definition) is 1. The minimum atomic E-state index is -0.164. The third-order valence-electron chi connectivity index (χ3n) is 4.67. The first-order chi connectivity index (χ1) is 13.1. The van der Waals surface area contributed by atoms with Gasteiger partial charge in [-0.15, -0.1) is 0 Å². The molecule has 6 heteroatoms. The van der Waals surface area contributed by atoms with E-state index < -0.39 is 0 Å². The fraction of sp³-hybridized carbons (Fsp3) is 0.476. The fourth-order valence-electron chi connectivity index (χ4n) is 3.11. The van der Waals surface area contributed by atoms with Crippen molar-refractivity contribution >= 4 is 11.9 Å². The van der Waals surface area contributed by atoms with Gasteiger partial charge in [-0.2, -0.15) is 4.98 Å². The summed E-state index contributed by atoms with van der Waals surface area (Å²) in [4.78, 5) is 23.4. The molecule has 1 aliphatic heterocycles. The highest BCUT2D eigenvalue weighted by Crippen LogP contribution is 2.19. The van der Waals surface area contributed by atoms with Crippen molar-refractivity contribution in [2.45, 2.75) is 46.1 Å². The number of carbonyl (C=O) groups excluding carboxylic acids is 1. The van der Waals surface area contributed by atoms with Crippen LogP contribution < -0.4 is 15.0 Å². The van der Waals surface area contributed by atoms with Crippen LogP contribution in [-0.2, 0) is 11.3 Å². The van der Waals surface area contributed by atoms with Gasteiger partial charge in [0.05, 0.1) is 0 Å². The molecule has 1 N–H and O–H groups in total. The number of hydrogen-bond acceptors (Lipinski definition) is 5. The Labute approximate surface area is 161 Å². The maximum Gasteiger partial charge on any atom is 0.258 e. The number of benzene rings is 1. The van der Waals surface area contributed by atoms with Gasteiger partial charge in [0.25, 0.3) is 5.91 Å². The molecule has 0 aliphatic carbocycles. The molecule has 0 unspecified atom stereocenters. The number of aryl methyl sites for hydroxylation is 2. The van der Waals surface area contributed by atoms with Gasteiger partial charge in [-0.3, -0.25) is 4.79 Å². The lowest BCUT2D eigenvalue weighted by atomic mass is 10.1. The second-order valence-electron chi connectivity index (χ2n) is 7.10. The first-order valence-electron chi connectivity index (χ1n) is 9.66. The second-order valence-corrected chi connectivity index (χ2v) is 7.10. The van der Waals surface area contributed by atoms with Gasteiger partial charge in [-0.25, -0.2) is 4.98 Å². The highest BCUT2D eigenvalue weighted by atomic mass is 16.5. The molecule has 1 fully saturated rings. The van der Waals surface area contributed by atoms with Crippen LogP contribution in [0, 0.1) is 13.8 Å². The van der Waals surface area contributed by atoms with E-state index in [1.807, 2.05) is 38.1 Å². The van der Waals surface area contributed by atoms with Crippen LogP contribution in [0.5, 0.6) is 5.88 Å². The Bertz CT molecular complexity index is 753. The summed E-state index contributed by atoms with van der Waals surface area (Å²) in [6, 6.07) is 9.86. The quantitative estimate of drug-likeness (QED) is 0.848. The average molecular weight is 368 g/mol. The zero-order valence-electron chi connectivity index (χ0n) is 16.2. The van der Waals surface area contributed by atoms with Crippen LogP contribution in [0.15, 0.2) is 30.3 Å². The second kappa shape index (κ2) is 9.35. The third kappa shape index (κ3) is 5.94. The summed E-state index contributed by atoms with van der Waals surface area (Å²) in [5.74, 6) is 0.988. The van der Waals surface area contributed by atoms with E-state index in [9.17, 15) is 4.79 Å². The number of aromatic nitrogens is 2. The number of anilines is 1. The summed E-state index contributed by atoms with van der Waals surface area (Å²) >= 11 is 0. The molecule has 0 bridgehead atoms. The molecule has 1 saturated heterocycles. The Morgan fingerprint density at radius 1 is 1.07 bits per heavy atom. The maximum absolute atomic E-state index is 12.1. The summed E-state index contributed by atoms with van der Waals surface area (Å²) in [6.45, 7) is 6.35. The first kappa shape index (κ1) is 19.1. The molecule has 144 valence electrons. The number of rotatable bonds is 6. The van der Waals surface area contributed by atoms with Gasteiger partial charge in [0.1, 0.15) is 0 Å². The van der Waals surface area contributed by atoms with Crippen molar-refractivity contribution in [3.8, 4) is 5.88 Å². The SMILES string of the molecule is Cc1ccc(CNC(=O)COc2cc(C)nc(N3CCCCCC3)n2)cc1. The van der Waals surface area contributed by atoms with Crippen molar-refractivity contribution in [3.05, 3.63) is 47.2 Å². The molecule has 2 heterocycles. The van der Waals surface area contributed by atoms with E-state index in [2.05, 4.69) is 20.2 Å². The molecule has 0 atom stereocenters. The van der Waals surface area contributed by atoms with Gasteiger partial charge < -0.3 is 15.0 Å². The lowest BCUT2D eigenvalue weighted by Crippen LogP contribution is -2.29. The smallest absolute Gasteiger partial charge is 0.258 e. The standard InChI is InChI=1S/C21H28N4O2/c1-16-7-9-18(10-8-16)14-22-19(26)15-27-20-13-17(2)23-21(24-20)25-11-5-3-4-6-12-25/h7-10,13H,3-6,11-12,14-15H2,1-2H3,(H,22,26). The molecule has 0 saturated carbocycles.